The van der Waals surface area contributed by atoms with E-state index < -0.39 is 0 Å². The molecule has 0 saturated carbocycles. The minimum Gasteiger partial charge on any atom is -0.379 e. The normalized spacial score (nSPS) is 15.5. The molecule has 0 fully saturated rings. The van der Waals surface area contributed by atoms with Gasteiger partial charge in [0, 0.05) is 27.9 Å². The lowest BCUT2D eigenvalue weighted by molar-refractivity contribution is -0.0324. The second kappa shape index (κ2) is 7.74. The van der Waals surface area contributed by atoms with Crippen LogP contribution in [-0.4, -0.2) is 25.4 Å². The molecule has 0 spiro atoms. The molecule has 1 rings (SSSR count). The SMILES string of the molecule is CCC(N)C(OCCC(C)(C)OC)c1cc(Br)cs1. The summed E-state index contributed by atoms with van der Waals surface area (Å²) >= 11 is 5.16. The van der Waals surface area contributed by atoms with Crippen molar-refractivity contribution < 1.29 is 9.47 Å². The summed E-state index contributed by atoms with van der Waals surface area (Å²) in [6.07, 6.45) is 1.71. The van der Waals surface area contributed by atoms with Crippen molar-refractivity contribution >= 4 is 27.3 Å². The van der Waals surface area contributed by atoms with Crippen molar-refractivity contribution in [2.75, 3.05) is 13.7 Å². The number of thiophene rings is 1. The zero-order chi connectivity index (χ0) is 14.5. The van der Waals surface area contributed by atoms with Crippen LogP contribution in [0.15, 0.2) is 15.9 Å². The molecule has 0 radical (unpaired) electrons. The van der Waals surface area contributed by atoms with Crippen LogP contribution in [-0.2, 0) is 9.47 Å². The zero-order valence-electron chi connectivity index (χ0n) is 12.1. The van der Waals surface area contributed by atoms with Crippen LogP contribution < -0.4 is 5.73 Å². The molecule has 19 heavy (non-hydrogen) atoms. The van der Waals surface area contributed by atoms with Gasteiger partial charge in [0.05, 0.1) is 12.2 Å². The predicted octanol–water partition coefficient (Wildman–Crippen LogP) is 4.12. The topological polar surface area (TPSA) is 44.5 Å². The van der Waals surface area contributed by atoms with Crippen molar-refractivity contribution in [3.63, 3.8) is 0 Å². The molecule has 0 aliphatic carbocycles. The lowest BCUT2D eigenvalue weighted by Gasteiger charge is -2.26. The Kier molecular flexibility index (Phi) is 6.97. The fourth-order valence-corrected chi connectivity index (χ4v) is 3.21. The lowest BCUT2D eigenvalue weighted by atomic mass is 10.1. The molecule has 0 saturated heterocycles. The Bertz CT molecular complexity index is 381. The van der Waals surface area contributed by atoms with Crippen molar-refractivity contribution in [1.82, 2.24) is 0 Å². The average molecular weight is 350 g/mol. The number of ether oxygens (including phenoxy) is 2. The minimum absolute atomic E-state index is 0.0243. The summed E-state index contributed by atoms with van der Waals surface area (Å²) in [6, 6.07) is 2.11. The van der Waals surface area contributed by atoms with Crippen molar-refractivity contribution in [2.24, 2.45) is 5.73 Å². The third-order valence-electron chi connectivity index (χ3n) is 3.28. The third kappa shape index (κ3) is 5.52. The Labute approximate surface area is 128 Å². The van der Waals surface area contributed by atoms with Crippen molar-refractivity contribution in [2.45, 2.75) is 51.4 Å². The molecule has 0 aromatic carbocycles. The van der Waals surface area contributed by atoms with E-state index in [1.165, 1.54) is 4.88 Å². The van der Waals surface area contributed by atoms with E-state index in [0.717, 1.165) is 17.3 Å². The third-order valence-corrected chi connectivity index (χ3v) is 5.04. The Morgan fingerprint density at radius 3 is 2.63 bits per heavy atom. The first-order chi connectivity index (χ1) is 8.89. The van der Waals surface area contributed by atoms with E-state index in [2.05, 4.69) is 48.1 Å². The van der Waals surface area contributed by atoms with Gasteiger partial charge in [-0.1, -0.05) is 6.92 Å². The number of rotatable bonds is 8. The van der Waals surface area contributed by atoms with Crippen LogP contribution in [0.25, 0.3) is 0 Å². The quantitative estimate of drug-likeness (QED) is 0.767. The molecule has 0 aliphatic heterocycles. The zero-order valence-corrected chi connectivity index (χ0v) is 14.5. The summed E-state index contributed by atoms with van der Waals surface area (Å²) in [5.74, 6) is 0. The number of hydrogen-bond donors (Lipinski definition) is 1. The highest BCUT2D eigenvalue weighted by Gasteiger charge is 2.23. The van der Waals surface area contributed by atoms with Gasteiger partial charge in [0.15, 0.2) is 0 Å². The summed E-state index contributed by atoms with van der Waals surface area (Å²) in [5, 5.41) is 2.06. The molecule has 5 heteroatoms. The van der Waals surface area contributed by atoms with Gasteiger partial charge in [0.25, 0.3) is 0 Å². The molecule has 0 bridgehead atoms. The summed E-state index contributed by atoms with van der Waals surface area (Å²) in [5.41, 5.74) is 6.02. The van der Waals surface area contributed by atoms with Crippen LogP contribution in [0.3, 0.4) is 0 Å². The van der Waals surface area contributed by atoms with E-state index in [1.807, 2.05) is 0 Å². The molecular weight excluding hydrogens is 326 g/mol. The first-order valence-electron chi connectivity index (χ1n) is 6.56. The average Bonchev–Trinajstić information content (AvgIpc) is 2.80. The summed E-state index contributed by atoms with van der Waals surface area (Å²) in [4.78, 5) is 1.18. The van der Waals surface area contributed by atoms with Crippen molar-refractivity contribution in [1.29, 1.82) is 0 Å². The lowest BCUT2D eigenvalue weighted by Crippen LogP contribution is -2.31. The molecular formula is C14H24BrNO2S. The van der Waals surface area contributed by atoms with Gasteiger partial charge in [-0.15, -0.1) is 11.3 Å². The van der Waals surface area contributed by atoms with Gasteiger partial charge >= 0.3 is 0 Å². The highest BCUT2D eigenvalue weighted by Crippen LogP contribution is 2.31. The molecule has 3 nitrogen and oxygen atoms in total. The van der Waals surface area contributed by atoms with Gasteiger partial charge in [-0.05, 0) is 48.7 Å². The van der Waals surface area contributed by atoms with Crippen LogP contribution in [0.5, 0.6) is 0 Å². The summed E-state index contributed by atoms with van der Waals surface area (Å²) < 4.78 is 12.5. The van der Waals surface area contributed by atoms with E-state index in [-0.39, 0.29) is 17.7 Å². The summed E-state index contributed by atoms with van der Waals surface area (Å²) in [6.45, 7) is 6.86. The first kappa shape index (κ1) is 17.1. The Morgan fingerprint density at radius 1 is 1.47 bits per heavy atom. The molecule has 110 valence electrons. The highest BCUT2D eigenvalue weighted by atomic mass is 79.9. The Morgan fingerprint density at radius 2 is 2.16 bits per heavy atom. The van der Waals surface area contributed by atoms with Crippen LogP contribution in [0.4, 0.5) is 0 Å². The maximum atomic E-state index is 6.18. The standard InChI is InChI=1S/C14H24BrNO2S/c1-5-11(16)13(12-8-10(15)9-19-12)18-7-6-14(2,3)17-4/h8-9,11,13H,5-7,16H2,1-4H3. The van der Waals surface area contributed by atoms with Gasteiger partial charge in [-0.25, -0.2) is 0 Å². The number of nitrogens with two attached hydrogens (primary N) is 1. The van der Waals surface area contributed by atoms with Crippen molar-refractivity contribution in [3.8, 4) is 0 Å². The fraction of sp³-hybridized carbons (Fsp3) is 0.714. The Hall–Kier alpha value is 0.0600. The maximum absolute atomic E-state index is 6.18. The van der Waals surface area contributed by atoms with Gasteiger partial charge in [-0.2, -0.15) is 0 Å². The number of hydrogen-bond acceptors (Lipinski definition) is 4. The van der Waals surface area contributed by atoms with Crippen LogP contribution >= 0.6 is 27.3 Å². The van der Waals surface area contributed by atoms with Crippen molar-refractivity contribution in [3.05, 3.63) is 20.8 Å². The van der Waals surface area contributed by atoms with E-state index in [1.54, 1.807) is 18.4 Å². The second-order valence-corrected chi connectivity index (χ2v) is 7.10. The number of methoxy groups -OCH3 is 1. The van der Waals surface area contributed by atoms with Crippen LogP contribution in [0.1, 0.15) is 44.6 Å². The smallest absolute Gasteiger partial charge is 0.107 e. The molecule has 2 N–H and O–H groups in total. The van der Waals surface area contributed by atoms with Crippen LogP contribution in [0, 0.1) is 0 Å². The van der Waals surface area contributed by atoms with Gasteiger partial charge in [-0.3, -0.25) is 0 Å². The van der Waals surface area contributed by atoms with E-state index in [4.69, 9.17) is 15.2 Å². The Balaban J connectivity index is 2.61. The maximum Gasteiger partial charge on any atom is 0.107 e. The first-order valence-corrected chi connectivity index (χ1v) is 8.23. The molecule has 0 amide bonds. The molecule has 1 aromatic rings. The minimum atomic E-state index is -0.156. The molecule has 2 unspecified atom stereocenters. The van der Waals surface area contributed by atoms with Gasteiger partial charge in [0.2, 0.25) is 0 Å². The van der Waals surface area contributed by atoms with E-state index >= 15 is 0 Å². The highest BCUT2D eigenvalue weighted by molar-refractivity contribution is 9.10. The monoisotopic (exact) mass is 349 g/mol. The predicted molar refractivity (Wildman–Crippen MR) is 84.7 cm³/mol. The van der Waals surface area contributed by atoms with Gasteiger partial charge in [0.1, 0.15) is 6.10 Å². The number of halogens is 1. The van der Waals surface area contributed by atoms with Crippen LogP contribution in [0.2, 0.25) is 0 Å². The molecule has 1 heterocycles. The largest absolute Gasteiger partial charge is 0.379 e. The summed E-state index contributed by atoms with van der Waals surface area (Å²) in [7, 11) is 1.73. The van der Waals surface area contributed by atoms with E-state index in [0.29, 0.717) is 6.61 Å². The fourth-order valence-electron chi connectivity index (χ4n) is 1.64. The molecule has 0 aliphatic rings. The van der Waals surface area contributed by atoms with E-state index in [9.17, 15) is 0 Å². The van der Waals surface area contributed by atoms with Gasteiger partial charge < -0.3 is 15.2 Å². The molecule has 1 aromatic heterocycles. The second-order valence-electron chi connectivity index (χ2n) is 5.24. The molecule has 2 atom stereocenters.